The van der Waals surface area contributed by atoms with Crippen LogP contribution in [0.1, 0.15) is 23.2 Å². The van der Waals surface area contributed by atoms with Crippen molar-refractivity contribution in [3.05, 3.63) is 32.6 Å². The molecule has 0 unspecified atom stereocenters. The molecule has 2 heterocycles. The van der Waals surface area contributed by atoms with Gasteiger partial charge in [0.2, 0.25) is 0 Å². The Hall–Kier alpha value is -2.18. The zero-order chi connectivity index (χ0) is 14.2. The number of rotatable bonds is 1. The van der Waals surface area contributed by atoms with Crippen molar-refractivity contribution >= 4 is 11.7 Å². The maximum Gasteiger partial charge on any atom is 0.330 e. The maximum absolute atomic E-state index is 12.2. The molecule has 1 amide bonds. The summed E-state index contributed by atoms with van der Waals surface area (Å²) in [6.07, 6.45) is 1.89. The Morgan fingerprint density at radius 1 is 1.11 bits per heavy atom. The number of nitrogens with zero attached hydrogens (tertiary/aromatic N) is 3. The number of hydrogen-bond acceptors (Lipinski definition) is 4. The fourth-order valence-corrected chi connectivity index (χ4v) is 2.08. The number of piperidine rings is 1. The Balaban J connectivity index is 2.37. The van der Waals surface area contributed by atoms with Gasteiger partial charge in [0.1, 0.15) is 11.3 Å². The van der Waals surface area contributed by atoms with Crippen LogP contribution < -0.4 is 11.2 Å². The van der Waals surface area contributed by atoms with Gasteiger partial charge in [-0.3, -0.25) is 19.0 Å². The molecule has 0 bridgehead atoms. The van der Waals surface area contributed by atoms with E-state index >= 15 is 0 Å². The number of Topliss-reactive ketones (excluding diaryl/α,β-unsaturated/α-hetero) is 1. The molecule has 1 aliphatic heterocycles. The summed E-state index contributed by atoms with van der Waals surface area (Å²) in [7, 11) is 2.82. The largest absolute Gasteiger partial charge is 0.338 e. The lowest BCUT2D eigenvalue weighted by atomic mass is 10.1. The third-order valence-corrected chi connectivity index (χ3v) is 3.29. The first kappa shape index (κ1) is 13.3. The Morgan fingerprint density at radius 3 is 2.26 bits per heavy atom. The van der Waals surface area contributed by atoms with Gasteiger partial charge in [0.15, 0.2) is 0 Å². The lowest BCUT2D eigenvalue weighted by molar-refractivity contribution is -0.120. The summed E-state index contributed by atoms with van der Waals surface area (Å²) < 4.78 is 2.10. The topological polar surface area (TPSA) is 81.4 Å². The minimum atomic E-state index is -0.606. The second kappa shape index (κ2) is 4.83. The molecule has 0 radical (unpaired) electrons. The minimum Gasteiger partial charge on any atom is -0.338 e. The third-order valence-electron chi connectivity index (χ3n) is 3.29. The van der Waals surface area contributed by atoms with Gasteiger partial charge in [0.05, 0.1) is 0 Å². The highest BCUT2D eigenvalue weighted by Gasteiger charge is 2.24. The van der Waals surface area contributed by atoms with Crippen LogP contribution >= 0.6 is 0 Å². The molecular weight excluding hydrogens is 250 g/mol. The van der Waals surface area contributed by atoms with E-state index in [1.807, 2.05) is 0 Å². The highest BCUT2D eigenvalue weighted by molar-refractivity contribution is 5.94. The van der Waals surface area contributed by atoms with Crippen LogP contribution in [0.5, 0.6) is 0 Å². The van der Waals surface area contributed by atoms with E-state index in [1.54, 1.807) is 0 Å². The van der Waals surface area contributed by atoms with Gasteiger partial charge in [-0.15, -0.1) is 0 Å². The van der Waals surface area contributed by atoms with E-state index in [2.05, 4.69) is 0 Å². The van der Waals surface area contributed by atoms with E-state index in [-0.39, 0.29) is 11.3 Å². The molecule has 0 atom stereocenters. The summed E-state index contributed by atoms with van der Waals surface area (Å²) >= 11 is 0. The number of carbonyl (C=O) groups excluding carboxylic acids is 2. The number of amides is 1. The highest BCUT2D eigenvalue weighted by atomic mass is 16.2. The van der Waals surface area contributed by atoms with Crippen LogP contribution in [0, 0.1) is 0 Å². The van der Waals surface area contributed by atoms with Crippen molar-refractivity contribution < 1.29 is 9.59 Å². The smallest absolute Gasteiger partial charge is 0.330 e. The van der Waals surface area contributed by atoms with Gasteiger partial charge in [-0.1, -0.05) is 0 Å². The third kappa shape index (κ3) is 2.35. The van der Waals surface area contributed by atoms with Gasteiger partial charge in [0, 0.05) is 46.2 Å². The predicted molar refractivity (Wildman–Crippen MR) is 67.1 cm³/mol. The fraction of sp³-hybridized carbons (Fsp3) is 0.500. The normalized spacial score (nSPS) is 15.7. The van der Waals surface area contributed by atoms with Crippen LogP contribution in [0.4, 0.5) is 0 Å². The summed E-state index contributed by atoms with van der Waals surface area (Å²) in [5.74, 6) is -0.305. The zero-order valence-electron chi connectivity index (χ0n) is 10.9. The summed E-state index contributed by atoms with van der Waals surface area (Å²) in [5, 5.41) is 0. The van der Waals surface area contributed by atoms with Crippen molar-refractivity contribution in [2.45, 2.75) is 12.8 Å². The molecule has 1 fully saturated rings. The molecule has 1 aliphatic rings. The SMILES string of the molecule is Cn1cc(C(=O)N2CCC(=O)CC2)c(=O)n(C)c1=O. The van der Waals surface area contributed by atoms with Gasteiger partial charge in [0.25, 0.3) is 11.5 Å². The highest BCUT2D eigenvalue weighted by Crippen LogP contribution is 2.08. The van der Waals surface area contributed by atoms with Crippen LogP contribution in [0.2, 0.25) is 0 Å². The molecule has 0 saturated carbocycles. The molecule has 0 aliphatic carbocycles. The first-order valence-corrected chi connectivity index (χ1v) is 5.99. The summed E-state index contributed by atoms with van der Waals surface area (Å²) in [4.78, 5) is 48.3. The molecule has 7 nitrogen and oxygen atoms in total. The van der Waals surface area contributed by atoms with Crippen molar-refractivity contribution in [2.75, 3.05) is 13.1 Å². The van der Waals surface area contributed by atoms with E-state index in [0.29, 0.717) is 25.9 Å². The Labute approximate surface area is 109 Å². The predicted octanol–water partition coefficient (Wildman–Crippen LogP) is -1.11. The summed E-state index contributed by atoms with van der Waals surface area (Å²) in [6, 6.07) is 0. The second-order valence-corrected chi connectivity index (χ2v) is 4.63. The van der Waals surface area contributed by atoms with E-state index in [4.69, 9.17) is 0 Å². The molecule has 2 rings (SSSR count). The standard InChI is InChI=1S/C12H15N3O4/c1-13-7-9(10(17)14(2)12(13)19)11(18)15-5-3-8(16)4-6-15/h7H,3-6H2,1-2H3. The van der Waals surface area contributed by atoms with E-state index in [9.17, 15) is 19.2 Å². The second-order valence-electron chi connectivity index (χ2n) is 4.63. The average Bonchev–Trinajstić information content (AvgIpc) is 2.40. The number of aromatic nitrogens is 2. The van der Waals surface area contributed by atoms with E-state index in [0.717, 1.165) is 4.57 Å². The molecule has 7 heteroatoms. The van der Waals surface area contributed by atoms with Crippen LogP contribution in [0.15, 0.2) is 15.8 Å². The van der Waals surface area contributed by atoms with Gasteiger partial charge in [-0.2, -0.15) is 0 Å². The van der Waals surface area contributed by atoms with Crippen LogP contribution in [-0.2, 0) is 18.9 Å². The monoisotopic (exact) mass is 265 g/mol. The van der Waals surface area contributed by atoms with Crippen molar-refractivity contribution in [3.8, 4) is 0 Å². The zero-order valence-corrected chi connectivity index (χ0v) is 10.9. The molecule has 0 N–H and O–H groups in total. The number of hydrogen-bond donors (Lipinski definition) is 0. The van der Waals surface area contributed by atoms with Gasteiger partial charge in [-0.25, -0.2) is 4.79 Å². The van der Waals surface area contributed by atoms with Crippen molar-refractivity contribution in [1.29, 1.82) is 0 Å². The molecular formula is C12H15N3O4. The van der Waals surface area contributed by atoms with Crippen LogP contribution in [0.25, 0.3) is 0 Å². The molecule has 0 aromatic carbocycles. The minimum absolute atomic E-state index is 0.0426. The van der Waals surface area contributed by atoms with Gasteiger partial charge in [-0.05, 0) is 0 Å². The molecule has 102 valence electrons. The molecule has 1 aromatic rings. The maximum atomic E-state index is 12.2. The number of aryl methyl sites for hydroxylation is 1. The van der Waals surface area contributed by atoms with Crippen LogP contribution in [-0.4, -0.2) is 38.8 Å². The van der Waals surface area contributed by atoms with Crippen LogP contribution in [0.3, 0.4) is 0 Å². The lowest BCUT2D eigenvalue weighted by Crippen LogP contribution is -2.45. The van der Waals surface area contributed by atoms with E-state index in [1.165, 1.54) is 29.8 Å². The van der Waals surface area contributed by atoms with Crippen molar-refractivity contribution in [3.63, 3.8) is 0 Å². The summed E-state index contributed by atoms with van der Waals surface area (Å²) in [5.41, 5.74) is -1.13. The quantitative estimate of drug-likeness (QED) is 0.644. The first-order valence-electron chi connectivity index (χ1n) is 5.99. The van der Waals surface area contributed by atoms with Crippen molar-refractivity contribution in [2.24, 2.45) is 14.1 Å². The Kier molecular flexibility index (Phi) is 3.37. The molecule has 1 saturated heterocycles. The molecule has 19 heavy (non-hydrogen) atoms. The van der Waals surface area contributed by atoms with Gasteiger partial charge >= 0.3 is 5.69 Å². The number of likely N-dealkylation sites (tertiary alicyclic amines) is 1. The molecule has 0 spiro atoms. The Morgan fingerprint density at radius 2 is 1.68 bits per heavy atom. The first-order chi connectivity index (χ1) is 8.91. The van der Waals surface area contributed by atoms with Gasteiger partial charge < -0.3 is 9.47 Å². The van der Waals surface area contributed by atoms with E-state index < -0.39 is 17.2 Å². The fourth-order valence-electron chi connectivity index (χ4n) is 2.08. The lowest BCUT2D eigenvalue weighted by Gasteiger charge is -2.25. The van der Waals surface area contributed by atoms with Crippen molar-refractivity contribution in [1.82, 2.24) is 14.0 Å². The Bertz CT molecular complexity index is 646. The molecule has 1 aromatic heterocycles. The number of carbonyl (C=O) groups is 2. The summed E-state index contributed by atoms with van der Waals surface area (Å²) in [6.45, 7) is 0.646. The average molecular weight is 265 g/mol. The number of ketones is 1.